The van der Waals surface area contributed by atoms with Crippen molar-refractivity contribution in [1.82, 2.24) is 0 Å². The van der Waals surface area contributed by atoms with Gasteiger partial charge in [0.15, 0.2) is 0 Å². The lowest BCUT2D eigenvalue weighted by molar-refractivity contribution is -0.143. The van der Waals surface area contributed by atoms with Gasteiger partial charge >= 0.3 is 5.97 Å². The van der Waals surface area contributed by atoms with Crippen molar-refractivity contribution in [3.05, 3.63) is 0 Å². The minimum Gasteiger partial charge on any atom is -0.481 e. The van der Waals surface area contributed by atoms with Crippen LogP contribution in [0.4, 0.5) is 0 Å². The van der Waals surface area contributed by atoms with Crippen LogP contribution in [0.5, 0.6) is 0 Å². The Kier molecular flexibility index (Phi) is 1.00. The number of aliphatic carboxylic acids is 1. The molecule has 0 aromatic carbocycles. The minimum atomic E-state index is -0.572. The van der Waals surface area contributed by atoms with Gasteiger partial charge in [0, 0.05) is 0 Å². The first-order valence-electron chi connectivity index (χ1n) is 5.20. The maximum atomic E-state index is 11.1. The van der Waals surface area contributed by atoms with E-state index < -0.39 is 5.97 Å². The van der Waals surface area contributed by atoms with Crippen molar-refractivity contribution in [1.29, 1.82) is 0 Å². The molecule has 13 heavy (non-hydrogen) atoms. The average Bonchev–Trinajstić information content (AvgIpc) is 2.78. The van der Waals surface area contributed by atoms with E-state index in [0.29, 0.717) is 5.41 Å². The summed E-state index contributed by atoms with van der Waals surface area (Å²) in [5, 5.41) is 9.12. The maximum Gasteiger partial charge on any atom is 0.309 e. The van der Waals surface area contributed by atoms with Gasteiger partial charge in [-0.1, -0.05) is 6.92 Å². The molecule has 2 heteroatoms. The summed E-state index contributed by atoms with van der Waals surface area (Å²) in [6.45, 7) is 4.24. The largest absolute Gasteiger partial charge is 0.481 e. The van der Waals surface area contributed by atoms with Crippen molar-refractivity contribution < 1.29 is 9.90 Å². The maximum absolute atomic E-state index is 11.1. The number of carbonyl (C=O) groups is 1. The van der Waals surface area contributed by atoms with Crippen LogP contribution < -0.4 is 0 Å². The lowest BCUT2D eigenvalue weighted by Crippen LogP contribution is -2.16. The smallest absolute Gasteiger partial charge is 0.309 e. The molecule has 1 spiro atoms. The fourth-order valence-corrected chi connectivity index (χ4v) is 3.77. The number of carboxylic acids is 1. The van der Waals surface area contributed by atoms with Gasteiger partial charge in [0.1, 0.15) is 0 Å². The second-order valence-electron chi connectivity index (χ2n) is 5.76. The summed E-state index contributed by atoms with van der Waals surface area (Å²) in [6, 6.07) is 0. The fraction of sp³-hybridized carbons (Fsp3) is 0.909. The highest BCUT2D eigenvalue weighted by atomic mass is 16.4. The van der Waals surface area contributed by atoms with Gasteiger partial charge in [0.05, 0.1) is 5.41 Å². The van der Waals surface area contributed by atoms with Crippen LogP contribution in [0.1, 0.15) is 39.5 Å². The second kappa shape index (κ2) is 1.67. The van der Waals surface area contributed by atoms with Crippen LogP contribution in [0, 0.1) is 22.2 Å². The number of hydrogen-bond acceptors (Lipinski definition) is 1. The summed E-state index contributed by atoms with van der Waals surface area (Å²) in [4.78, 5) is 11.1. The van der Waals surface area contributed by atoms with Crippen LogP contribution in [0.15, 0.2) is 0 Å². The summed E-state index contributed by atoms with van der Waals surface area (Å²) < 4.78 is 0. The summed E-state index contributed by atoms with van der Waals surface area (Å²) >= 11 is 0. The SMILES string of the molecule is C[C@@]1(C2CC2)C[C@]12C[C@]2(C)C(=O)O. The van der Waals surface area contributed by atoms with Gasteiger partial charge in [-0.05, 0) is 49.4 Å². The Balaban J connectivity index is 1.87. The highest BCUT2D eigenvalue weighted by Crippen LogP contribution is 2.91. The van der Waals surface area contributed by atoms with Crippen molar-refractivity contribution in [3.8, 4) is 0 Å². The lowest BCUT2D eigenvalue weighted by atomic mass is 9.93. The number of rotatable bonds is 2. The average molecular weight is 180 g/mol. The Morgan fingerprint density at radius 3 is 2.31 bits per heavy atom. The Labute approximate surface area is 78.3 Å². The van der Waals surface area contributed by atoms with E-state index >= 15 is 0 Å². The Bertz CT molecular complexity index is 307. The normalized spacial score (nSPS) is 58.0. The van der Waals surface area contributed by atoms with E-state index in [4.69, 9.17) is 5.11 Å². The second-order valence-corrected chi connectivity index (χ2v) is 5.76. The molecule has 0 heterocycles. The number of hydrogen-bond donors (Lipinski definition) is 1. The van der Waals surface area contributed by atoms with Crippen molar-refractivity contribution in [2.75, 3.05) is 0 Å². The summed E-state index contributed by atoms with van der Waals surface area (Å²) in [7, 11) is 0. The fourth-order valence-electron chi connectivity index (χ4n) is 3.77. The van der Waals surface area contributed by atoms with Crippen molar-refractivity contribution in [2.45, 2.75) is 39.5 Å². The molecule has 0 amide bonds. The molecule has 3 saturated carbocycles. The third-order valence-corrected chi connectivity index (χ3v) is 5.17. The van der Waals surface area contributed by atoms with Gasteiger partial charge < -0.3 is 5.11 Å². The predicted molar refractivity (Wildman–Crippen MR) is 48.2 cm³/mol. The summed E-state index contributed by atoms with van der Waals surface area (Å²) in [5.41, 5.74) is 0.248. The minimum absolute atomic E-state index is 0.215. The molecule has 0 aliphatic heterocycles. The first kappa shape index (κ1) is 7.84. The van der Waals surface area contributed by atoms with Gasteiger partial charge in [0.2, 0.25) is 0 Å². The molecule has 2 nitrogen and oxygen atoms in total. The standard InChI is InChI=1S/C11H16O2/c1-9(7-3-4-7)5-11(9)6-10(11,2)8(12)13/h7H,3-6H2,1-2H3,(H,12,13)/t9-,10+,11-/m0/s1. The van der Waals surface area contributed by atoms with Crippen molar-refractivity contribution >= 4 is 5.97 Å². The Hall–Kier alpha value is -0.530. The van der Waals surface area contributed by atoms with Crippen LogP contribution in [-0.4, -0.2) is 11.1 Å². The zero-order valence-electron chi connectivity index (χ0n) is 8.26. The molecule has 3 aliphatic rings. The monoisotopic (exact) mass is 180 g/mol. The van der Waals surface area contributed by atoms with E-state index in [1.807, 2.05) is 6.92 Å². The summed E-state index contributed by atoms with van der Waals surface area (Å²) in [5.74, 6) is 0.283. The van der Waals surface area contributed by atoms with Crippen LogP contribution >= 0.6 is 0 Å². The molecule has 3 fully saturated rings. The molecule has 0 radical (unpaired) electrons. The van der Waals surface area contributed by atoms with Crippen LogP contribution in [0.2, 0.25) is 0 Å². The molecule has 0 aromatic rings. The summed E-state index contributed by atoms with van der Waals surface area (Å²) in [6.07, 6.45) is 4.79. The van der Waals surface area contributed by atoms with Crippen LogP contribution in [0.3, 0.4) is 0 Å². The van der Waals surface area contributed by atoms with E-state index in [1.54, 1.807) is 0 Å². The molecule has 0 aromatic heterocycles. The molecule has 0 saturated heterocycles. The molecule has 72 valence electrons. The van der Waals surface area contributed by atoms with Crippen molar-refractivity contribution in [3.63, 3.8) is 0 Å². The van der Waals surface area contributed by atoms with E-state index in [9.17, 15) is 4.79 Å². The van der Waals surface area contributed by atoms with Gasteiger partial charge in [-0.25, -0.2) is 0 Å². The molecule has 1 N–H and O–H groups in total. The van der Waals surface area contributed by atoms with E-state index in [1.165, 1.54) is 19.3 Å². The Morgan fingerprint density at radius 2 is 1.92 bits per heavy atom. The van der Waals surface area contributed by atoms with Crippen LogP contribution in [0.25, 0.3) is 0 Å². The zero-order chi connectivity index (χ0) is 9.48. The molecular formula is C11H16O2. The topological polar surface area (TPSA) is 37.3 Å². The van der Waals surface area contributed by atoms with Crippen LogP contribution in [-0.2, 0) is 4.79 Å². The molecule has 0 unspecified atom stereocenters. The molecule has 3 aliphatic carbocycles. The molecule has 0 bridgehead atoms. The van der Waals surface area contributed by atoms with Crippen molar-refractivity contribution in [2.24, 2.45) is 22.2 Å². The quantitative estimate of drug-likeness (QED) is 0.708. The highest BCUT2D eigenvalue weighted by Gasteiger charge is 2.88. The zero-order valence-corrected chi connectivity index (χ0v) is 8.26. The van der Waals surface area contributed by atoms with E-state index in [2.05, 4.69) is 6.92 Å². The van der Waals surface area contributed by atoms with E-state index in [0.717, 1.165) is 12.3 Å². The van der Waals surface area contributed by atoms with Gasteiger partial charge in [-0.15, -0.1) is 0 Å². The molecular weight excluding hydrogens is 164 g/mol. The Morgan fingerprint density at radius 1 is 1.31 bits per heavy atom. The third-order valence-electron chi connectivity index (χ3n) is 5.17. The predicted octanol–water partition coefficient (Wildman–Crippen LogP) is 2.29. The van der Waals surface area contributed by atoms with E-state index in [-0.39, 0.29) is 10.8 Å². The molecule has 3 atom stereocenters. The first-order chi connectivity index (χ1) is 5.96. The first-order valence-corrected chi connectivity index (χ1v) is 5.20. The number of carboxylic acid groups (broad SMARTS) is 1. The molecule has 3 rings (SSSR count). The van der Waals surface area contributed by atoms with Gasteiger partial charge in [0.25, 0.3) is 0 Å². The van der Waals surface area contributed by atoms with Gasteiger partial charge in [-0.3, -0.25) is 4.79 Å². The highest BCUT2D eigenvalue weighted by molar-refractivity contribution is 5.81. The third kappa shape index (κ3) is 0.628. The lowest BCUT2D eigenvalue weighted by Gasteiger charge is -2.11. The van der Waals surface area contributed by atoms with Gasteiger partial charge in [-0.2, -0.15) is 0 Å².